The molecule has 7 nitrogen and oxygen atoms in total. The first-order valence-electron chi connectivity index (χ1n) is 6.04. The molecule has 2 rings (SSSR count). The van der Waals surface area contributed by atoms with Gasteiger partial charge in [-0.2, -0.15) is 0 Å². The summed E-state index contributed by atoms with van der Waals surface area (Å²) in [5.74, 6) is -0.945. The molecule has 0 bridgehead atoms. The van der Waals surface area contributed by atoms with Crippen molar-refractivity contribution in [3.8, 4) is 0 Å². The van der Waals surface area contributed by atoms with Gasteiger partial charge in [0.1, 0.15) is 0 Å². The fourth-order valence-electron chi connectivity index (χ4n) is 1.86. The molecule has 1 aliphatic carbocycles. The molecule has 1 unspecified atom stereocenters. The van der Waals surface area contributed by atoms with Gasteiger partial charge in [-0.25, -0.2) is 8.42 Å². The standard InChI is InChI=1S/C10H17N3O4S/c14-9(13-18(16,17)7-3-4-7)6-12-10(15)8-2-1-5-11-8/h7-8,11H,1-6H2,(H,12,15)(H,13,14). The molecule has 8 heteroatoms. The molecule has 0 aromatic rings. The second-order valence-corrected chi connectivity index (χ2v) is 6.60. The van der Waals surface area contributed by atoms with Crippen LogP contribution in [0.25, 0.3) is 0 Å². The number of sulfonamides is 1. The van der Waals surface area contributed by atoms with Crippen LogP contribution in [0.15, 0.2) is 0 Å². The van der Waals surface area contributed by atoms with E-state index in [0.717, 1.165) is 19.4 Å². The van der Waals surface area contributed by atoms with Crippen molar-refractivity contribution < 1.29 is 18.0 Å². The number of hydrogen-bond acceptors (Lipinski definition) is 5. The molecule has 0 aromatic carbocycles. The topological polar surface area (TPSA) is 104 Å². The second kappa shape index (κ2) is 5.23. The van der Waals surface area contributed by atoms with E-state index in [1.54, 1.807) is 0 Å². The van der Waals surface area contributed by atoms with Crippen LogP contribution >= 0.6 is 0 Å². The summed E-state index contributed by atoms with van der Waals surface area (Å²) in [6.45, 7) is 0.489. The molecule has 1 aliphatic heterocycles. The molecular formula is C10H17N3O4S. The minimum absolute atomic E-state index is 0.258. The van der Waals surface area contributed by atoms with Crippen LogP contribution in [-0.4, -0.2) is 44.6 Å². The lowest BCUT2D eigenvalue weighted by Crippen LogP contribution is -2.46. The van der Waals surface area contributed by atoms with Crippen LogP contribution in [0.1, 0.15) is 25.7 Å². The smallest absolute Gasteiger partial charge is 0.252 e. The molecular weight excluding hydrogens is 258 g/mol. The lowest BCUT2D eigenvalue weighted by atomic mass is 10.2. The second-order valence-electron chi connectivity index (χ2n) is 4.64. The fourth-order valence-corrected chi connectivity index (χ4v) is 3.17. The summed E-state index contributed by atoms with van der Waals surface area (Å²) < 4.78 is 24.9. The molecule has 2 aliphatic rings. The number of nitrogens with one attached hydrogen (secondary N) is 3. The van der Waals surface area contributed by atoms with E-state index in [0.29, 0.717) is 12.8 Å². The monoisotopic (exact) mass is 275 g/mol. The maximum atomic E-state index is 11.6. The summed E-state index contributed by atoms with van der Waals surface area (Å²) >= 11 is 0. The number of rotatable bonds is 5. The van der Waals surface area contributed by atoms with Crippen LogP contribution < -0.4 is 15.4 Å². The zero-order valence-corrected chi connectivity index (χ0v) is 10.8. The van der Waals surface area contributed by atoms with Crippen LogP contribution in [-0.2, 0) is 19.6 Å². The van der Waals surface area contributed by atoms with E-state index in [4.69, 9.17) is 0 Å². The van der Waals surface area contributed by atoms with Crippen LogP contribution in [0.3, 0.4) is 0 Å². The van der Waals surface area contributed by atoms with Gasteiger partial charge in [0.25, 0.3) is 5.91 Å². The van der Waals surface area contributed by atoms with Gasteiger partial charge in [0.15, 0.2) is 0 Å². The molecule has 0 radical (unpaired) electrons. The number of hydrogen-bond donors (Lipinski definition) is 3. The number of amides is 2. The minimum atomic E-state index is -3.52. The molecule has 1 heterocycles. The summed E-state index contributed by atoms with van der Waals surface area (Å²) in [4.78, 5) is 22.9. The molecule has 102 valence electrons. The van der Waals surface area contributed by atoms with E-state index < -0.39 is 21.2 Å². The summed E-state index contributed by atoms with van der Waals surface area (Å²) in [7, 11) is -3.52. The summed E-state index contributed by atoms with van der Waals surface area (Å²) in [6.07, 6.45) is 2.87. The van der Waals surface area contributed by atoms with Crippen LogP contribution in [0.5, 0.6) is 0 Å². The third-order valence-corrected chi connectivity index (χ3v) is 4.88. The van der Waals surface area contributed by atoms with Crippen LogP contribution in [0.4, 0.5) is 0 Å². The molecule has 1 saturated heterocycles. The van der Waals surface area contributed by atoms with E-state index in [9.17, 15) is 18.0 Å². The Hall–Kier alpha value is -1.15. The minimum Gasteiger partial charge on any atom is -0.346 e. The average molecular weight is 275 g/mol. The van der Waals surface area contributed by atoms with E-state index in [2.05, 4.69) is 10.6 Å². The molecule has 1 saturated carbocycles. The molecule has 0 aromatic heterocycles. The van der Waals surface area contributed by atoms with Crippen molar-refractivity contribution in [3.63, 3.8) is 0 Å². The SMILES string of the molecule is O=C(CNC(=O)C1CCCN1)NS(=O)(=O)C1CC1. The highest BCUT2D eigenvalue weighted by Gasteiger charge is 2.36. The Kier molecular flexibility index (Phi) is 3.86. The van der Waals surface area contributed by atoms with Crippen molar-refractivity contribution in [1.82, 2.24) is 15.4 Å². The lowest BCUT2D eigenvalue weighted by molar-refractivity contribution is -0.126. The summed E-state index contributed by atoms with van der Waals surface area (Å²) in [5.41, 5.74) is 0. The average Bonchev–Trinajstić information content (AvgIpc) is 3.03. The Morgan fingerprint density at radius 2 is 1.94 bits per heavy atom. The Bertz CT molecular complexity index is 438. The third-order valence-electron chi connectivity index (χ3n) is 3.02. The lowest BCUT2D eigenvalue weighted by Gasteiger charge is -2.11. The first-order valence-corrected chi connectivity index (χ1v) is 7.59. The van der Waals surface area contributed by atoms with E-state index in [-0.39, 0.29) is 18.5 Å². The maximum absolute atomic E-state index is 11.6. The number of carbonyl (C=O) groups is 2. The van der Waals surface area contributed by atoms with Crippen molar-refractivity contribution in [1.29, 1.82) is 0 Å². The van der Waals surface area contributed by atoms with Gasteiger partial charge in [-0.3, -0.25) is 14.3 Å². The molecule has 18 heavy (non-hydrogen) atoms. The number of carbonyl (C=O) groups excluding carboxylic acids is 2. The van der Waals surface area contributed by atoms with E-state index in [1.807, 2.05) is 4.72 Å². The fraction of sp³-hybridized carbons (Fsp3) is 0.800. The summed E-state index contributed by atoms with van der Waals surface area (Å²) in [5, 5.41) is 4.99. The van der Waals surface area contributed by atoms with E-state index in [1.165, 1.54) is 0 Å². The van der Waals surface area contributed by atoms with Crippen molar-refractivity contribution in [2.24, 2.45) is 0 Å². The van der Waals surface area contributed by atoms with Crippen molar-refractivity contribution >= 4 is 21.8 Å². The third kappa shape index (κ3) is 3.42. The quantitative estimate of drug-likeness (QED) is 0.564. The van der Waals surface area contributed by atoms with Gasteiger partial charge >= 0.3 is 0 Å². The zero-order chi connectivity index (χ0) is 13.2. The normalized spacial score (nSPS) is 23.7. The van der Waals surface area contributed by atoms with Crippen LogP contribution in [0, 0.1) is 0 Å². The molecule has 3 N–H and O–H groups in total. The predicted molar refractivity (Wildman–Crippen MR) is 64.1 cm³/mol. The highest BCUT2D eigenvalue weighted by Crippen LogP contribution is 2.27. The van der Waals surface area contributed by atoms with Gasteiger partial charge in [0, 0.05) is 0 Å². The molecule has 0 spiro atoms. The largest absolute Gasteiger partial charge is 0.346 e. The van der Waals surface area contributed by atoms with Gasteiger partial charge in [-0.1, -0.05) is 0 Å². The molecule has 2 fully saturated rings. The van der Waals surface area contributed by atoms with E-state index >= 15 is 0 Å². The van der Waals surface area contributed by atoms with Crippen molar-refractivity contribution in [3.05, 3.63) is 0 Å². The van der Waals surface area contributed by atoms with Gasteiger partial charge in [-0.15, -0.1) is 0 Å². The Morgan fingerprint density at radius 1 is 1.22 bits per heavy atom. The summed E-state index contributed by atoms with van der Waals surface area (Å²) in [6, 6.07) is -0.266. The van der Waals surface area contributed by atoms with Gasteiger partial charge in [0.2, 0.25) is 15.9 Å². The highest BCUT2D eigenvalue weighted by atomic mass is 32.2. The van der Waals surface area contributed by atoms with Gasteiger partial charge < -0.3 is 10.6 Å². The zero-order valence-electron chi connectivity index (χ0n) is 9.94. The van der Waals surface area contributed by atoms with Crippen LogP contribution in [0.2, 0.25) is 0 Å². The van der Waals surface area contributed by atoms with Crippen molar-refractivity contribution in [2.45, 2.75) is 37.0 Å². The first-order chi connectivity index (χ1) is 8.49. The Balaban J connectivity index is 1.72. The molecule has 2 amide bonds. The Labute approximate surface area is 106 Å². The molecule has 1 atom stereocenters. The predicted octanol–water partition coefficient (Wildman–Crippen LogP) is -1.54. The van der Waals surface area contributed by atoms with Gasteiger partial charge in [0.05, 0.1) is 17.8 Å². The maximum Gasteiger partial charge on any atom is 0.252 e. The van der Waals surface area contributed by atoms with Crippen molar-refractivity contribution in [2.75, 3.05) is 13.1 Å². The highest BCUT2D eigenvalue weighted by molar-refractivity contribution is 7.90. The first kappa shape index (κ1) is 13.3. The Morgan fingerprint density at radius 3 is 2.50 bits per heavy atom. The van der Waals surface area contributed by atoms with Gasteiger partial charge in [-0.05, 0) is 32.2 Å².